The van der Waals surface area contributed by atoms with Gasteiger partial charge < -0.3 is 14.8 Å². The van der Waals surface area contributed by atoms with Crippen molar-refractivity contribution < 1.29 is 19.1 Å². The maximum atomic E-state index is 11.9. The van der Waals surface area contributed by atoms with E-state index < -0.39 is 5.97 Å². The molecule has 0 unspecified atom stereocenters. The van der Waals surface area contributed by atoms with Crippen molar-refractivity contribution in [1.82, 2.24) is 5.32 Å². The number of rotatable bonds is 8. The molecular formula is C16H21NO4. The van der Waals surface area contributed by atoms with Crippen LogP contribution < -0.4 is 5.32 Å². The van der Waals surface area contributed by atoms with Crippen molar-refractivity contribution in [3.05, 3.63) is 35.4 Å². The van der Waals surface area contributed by atoms with E-state index in [9.17, 15) is 14.4 Å². The van der Waals surface area contributed by atoms with Gasteiger partial charge in [-0.05, 0) is 43.9 Å². The van der Waals surface area contributed by atoms with Gasteiger partial charge in [0, 0.05) is 12.0 Å². The van der Waals surface area contributed by atoms with Crippen LogP contribution in [0.15, 0.2) is 24.3 Å². The van der Waals surface area contributed by atoms with Crippen molar-refractivity contribution >= 4 is 17.7 Å². The van der Waals surface area contributed by atoms with Crippen LogP contribution in [0.3, 0.4) is 0 Å². The van der Waals surface area contributed by atoms with Gasteiger partial charge in [-0.3, -0.25) is 9.59 Å². The zero-order valence-corrected chi connectivity index (χ0v) is 12.5. The molecule has 5 nitrogen and oxygen atoms in total. The Morgan fingerprint density at radius 2 is 1.95 bits per heavy atom. The zero-order valence-electron chi connectivity index (χ0n) is 12.5. The SMILES string of the molecule is COC(=O)CNC(=O)c1cccc(CCCCC(C)=O)c1. The molecule has 0 aromatic heterocycles. The Labute approximate surface area is 124 Å². The van der Waals surface area contributed by atoms with Gasteiger partial charge in [-0.25, -0.2) is 0 Å². The molecule has 0 bridgehead atoms. The largest absolute Gasteiger partial charge is 0.468 e. The van der Waals surface area contributed by atoms with E-state index in [1.165, 1.54) is 7.11 Å². The Kier molecular flexibility index (Phi) is 7.15. The summed E-state index contributed by atoms with van der Waals surface area (Å²) in [7, 11) is 1.27. The van der Waals surface area contributed by atoms with Crippen LogP contribution in [0.5, 0.6) is 0 Å². The molecule has 1 rings (SSSR count). The van der Waals surface area contributed by atoms with E-state index in [4.69, 9.17) is 0 Å². The quantitative estimate of drug-likeness (QED) is 0.586. The van der Waals surface area contributed by atoms with Crippen LogP contribution in [0.25, 0.3) is 0 Å². The predicted octanol–water partition coefficient (Wildman–Crippen LogP) is 1.89. The lowest BCUT2D eigenvalue weighted by molar-refractivity contribution is -0.139. The van der Waals surface area contributed by atoms with Crippen molar-refractivity contribution in [2.24, 2.45) is 0 Å². The second-order valence-corrected chi connectivity index (χ2v) is 4.87. The number of Topliss-reactive ketones (excluding diaryl/α,β-unsaturated/α-hetero) is 1. The monoisotopic (exact) mass is 291 g/mol. The third-order valence-corrected chi connectivity index (χ3v) is 3.05. The number of methoxy groups -OCH3 is 1. The van der Waals surface area contributed by atoms with Gasteiger partial charge >= 0.3 is 5.97 Å². The molecule has 1 N–H and O–H groups in total. The molecule has 0 aliphatic carbocycles. The molecule has 114 valence electrons. The van der Waals surface area contributed by atoms with Gasteiger partial charge in [0.2, 0.25) is 0 Å². The molecule has 0 atom stereocenters. The van der Waals surface area contributed by atoms with Crippen molar-refractivity contribution in [2.75, 3.05) is 13.7 Å². The number of aryl methyl sites for hydroxylation is 1. The number of ether oxygens (including phenoxy) is 1. The summed E-state index contributed by atoms with van der Waals surface area (Å²) in [6, 6.07) is 7.27. The Morgan fingerprint density at radius 1 is 1.19 bits per heavy atom. The van der Waals surface area contributed by atoms with Crippen LogP contribution in [-0.4, -0.2) is 31.3 Å². The summed E-state index contributed by atoms with van der Waals surface area (Å²) in [5, 5.41) is 2.50. The molecule has 0 radical (unpaired) electrons. The minimum Gasteiger partial charge on any atom is -0.468 e. The fraction of sp³-hybridized carbons (Fsp3) is 0.438. The number of carbonyl (C=O) groups is 3. The summed E-state index contributed by atoms with van der Waals surface area (Å²) in [6.45, 7) is 1.45. The number of carbonyl (C=O) groups excluding carboxylic acids is 3. The molecule has 1 aromatic carbocycles. The number of amides is 1. The first-order valence-electron chi connectivity index (χ1n) is 6.96. The highest BCUT2D eigenvalue weighted by atomic mass is 16.5. The third-order valence-electron chi connectivity index (χ3n) is 3.05. The molecule has 0 saturated heterocycles. The maximum absolute atomic E-state index is 11.9. The first kappa shape index (κ1) is 16.9. The molecule has 5 heteroatoms. The van der Waals surface area contributed by atoms with E-state index in [-0.39, 0.29) is 18.2 Å². The zero-order chi connectivity index (χ0) is 15.7. The summed E-state index contributed by atoms with van der Waals surface area (Å²) in [5.41, 5.74) is 1.56. The maximum Gasteiger partial charge on any atom is 0.325 e. The average molecular weight is 291 g/mol. The van der Waals surface area contributed by atoms with Gasteiger partial charge in [0.1, 0.15) is 12.3 Å². The van der Waals surface area contributed by atoms with Crippen LogP contribution >= 0.6 is 0 Å². The fourth-order valence-electron chi connectivity index (χ4n) is 1.90. The Hall–Kier alpha value is -2.17. The molecule has 0 spiro atoms. The van der Waals surface area contributed by atoms with Crippen molar-refractivity contribution in [2.45, 2.75) is 32.6 Å². The van der Waals surface area contributed by atoms with E-state index in [2.05, 4.69) is 10.1 Å². The van der Waals surface area contributed by atoms with Crippen LogP contribution in [0.1, 0.15) is 42.1 Å². The van der Waals surface area contributed by atoms with Crippen LogP contribution in [0, 0.1) is 0 Å². The Bertz CT molecular complexity index is 511. The minimum absolute atomic E-state index is 0.141. The number of ketones is 1. The number of hydrogen-bond acceptors (Lipinski definition) is 4. The average Bonchev–Trinajstić information content (AvgIpc) is 2.49. The van der Waals surface area contributed by atoms with Gasteiger partial charge in [0.15, 0.2) is 0 Å². The van der Waals surface area contributed by atoms with Crippen molar-refractivity contribution in [1.29, 1.82) is 0 Å². The van der Waals surface area contributed by atoms with E-state index >= 15 is 0 Å². The standard InChI is InChI=1S/C16H21NO4/c1-12(18)6-3-4-7-13-8-5-9-14(10-13)16(20)17-11-15(19)21-2/h5,8-10H,3-4,6-7,11H2,1-2H3,(H,17,20). The van der Waals surface area contributed by atoms with Gasteiger partial charge in [0.25, 0.3) is 5.91 Å². The smallest absolute Gasteiger partial charge is 0.325 e. The lowest BCUT2D eigenvalue weighted by Gasteiger charge is -2.06. The summed E-state index contributed by atoms with van der Waals surface area (Å²) in [4.78, 5) is 33.7. The normalized spacial score (nSPS) is 10.0. The summed E-state index contributed by atoms with van der Waals surface area (Å²) < 4.78 is 4.46. The lowest BCUT2D eigenvalue weighted by atomic mass is 10.0. The van der Waals surface area contributed by atoms with E-state index in [0.717, 1.165) is 24.8 Å². The Balaban J connectivity index is 2.49. The first-order valence-corrected chi connectivity index (χ1v) is 6.96. The second kappa shape index (κ2) is 8.89. The summed E-state index contributed by atoms with van der Waals surface area (Å²) in [5.74, 6) is -0.583. The number of nitrogens with one attached hydrogen (secondary N) is 1. The molecular weight excluding hydrogens is 270 g/mol. The third kappa shape index (κ3) is 6.70. The summed E-state index contributed by atoms with van der Waals surface area (Å²) >= 11 is 0. The minimum atomic E-state index is -0.483. The molecule has 0 fully saturated rings. The topological polar surface area (TPSA) is 72.5 Å². The van der Waals surface area contributed by atoms with Crippen molar-refractivity contribution in [3.8, 4) is 0 Å². The molecule has 0 saturated carbocycles. The van der Waals surface area contributed by atoms with Gasteiger partial charge in [-0.2, -0.15) is 0 Å². The van der Waals surface area contributed by atoms with Crippen LogP contribution in [0.2, 0.25) is 0 Å². The van der Waals surface area contributed by atoms with Gasteiger partial charge in [-0.15, -0.1) is 0 Å². The van der Waals surface area contributed by atoms with E-state index in [1.807, 2.05) is 12.1 Å². The van der Waals surface area contributed by atoms with Crippen LogP contribution in [0.4, 0.5) is 0 Å². The number of unbranched alkanes of at least 4 members (excludes halogenated alkanes) is 1. The molecule has 1 amide bonds. The fourth-order valence-corrected chi connectivity index (χ4v) is 1.90. The molecule has 0 aliphatic heterocycles. The molecule has 0 aliphatic rings. The highest BCUT2D eigenvalue weighted by Crippen LogP contribution is 2.10. The van der Waals surface area contributed by atoms with Crippen molar-refractivity contribution in [3.63, 3.8) is 0 Å². The van der Waals surface area contributed by atoms with Gasteiger partial charge in [-0.1, -0.05) is 12.1 Å². The summed E-state index contributed by atoms with van der Waals surface area (Å²) in [6.07, 6.45) is 3.19. The number of benzene rings is 1. The predicted molar refractivity (Wildman–Crippen MR) is 79.0 cm³/mol. The lowest BCUT2D eigenvalue weighted by Crippen LogP contribution is -2.30. The highest BCUT2D eigenvalue weighted by Gasteiger charge is 2.08. The number of esters is 1. The Morgan fingerprint density at radius 3 is 2.62 bits per heavy atom. The molecule has 0 heterocycles. The highest BCUT2D eigenvalue weighted by molar-refractivity contribution is 5.96. The number of hydrogen-bond donors (Lipinski definition) is 1. The van der Waals surface area contributed by atoms with E-state index in [1.54, 1.807) is 19.1 Å². The first-order chi connectivity index (χ1) is 10.0. The van der Waals surface area contributed by atoms with E-state index in [0.29, 0.717) is 12.0 Å². The van der Waals surface area contributed by atoms with Gasteiger partial charge in [0.05, 0.1) is 7.11 Å². The molecule has 1 aromatic rings. The molecule has 21 heavy (non-hydrogen) atoms. The van der Waals surface area contributed by atoms with Crippen LogP contribution in [-0.2, 0) is 20.7 Å². The second-order valence-electron chi connectivity index (χ2n) is 4.87.